The zero-order valence-corrected chi connectivity index (χ0v) is 17.9. The fourth-order valence-electron chi connectivity index (χ4n) is 4.17. The van der Waals surface area contributed by atoms with Crippen LogP contribution in [-0.4, -0.2) is 36.8 Å². The van der Waals surface area contributed by atoms with Gasteiger partial charge in [0.2, 0.25) is 0 Å². The summed E-state index contributed by atoms with van der Waals surface area (Å²) in [5, 5.41) is 3.02. The molecule has 1 aliphatic rings. The number of carbonyl (C=O) groups excluding carboxylic acids is 1. The van der Waals surface area contributed by atoms with Crippen LogP contribution in [0, 0.1) is 20.8 Å². The highest BCUT2D eigenvalue weighted by atomic mass is 16.5. The quantitative estimate of drug-likeness (QED) is 0.675. The number of aryl methyl sites for hydroxylation is 1. The highest BCUT2D eigenvalue weighted by Gasteiger charge is 2.27. The van der Waals surface area contributed by atoms with Gasteiger partial charge in [0, 0.05) is 30.9 Å². The lowest BCUT2D eigenvalue weighted by Crippen LogP contribution is -2.36. The average molecular weight is 408 g/mol. The second-order valence-corrected chi connectivity index (χ2v) is 7.84. The van der Waals surface area contributed by atoms with E-state index in [1.54, 1.807) is 6.26 Å². The van der Waals surface area contributed by atoms with E-state index in [1.165, 1.54) is 11.1 Å². The number of amides is 1. The van der Waals surface area contributed by atoms with Gasteiger partial charge < -0.3 is 23.9 Å². The molecule has 3 aromatic rings. The normalized spacial score (nSPS) is 14.2. The van der Waals surface area contributed by atoms with Crippen molar-refractivity contribution in [3.63, 3.8) is 0 Å². The van der Waals surface area contributed by atoms with E-state index < -0.39 is 0 Å². The lowest BCUT2D eigenvalue weighted by molar-refractivity contribution is 0.0938. The molecular formula is C24H29N3O3. The number of ether oxygens (including phenoxy) is 1. The van der Waals surface area contributed by atoms with Gasteiger partial charge >= 0.3 is 0 Å². The van der Waals surface area contributed by atoms with Crippen LogP contribution in [0.3, 0.4) is 0 Å². The van der Waals surface area contributed by atoms with Crippen LogP contribution in [0.25, 0.3) is 0 Å². The molecule has 1 fully saturated rings. The maximum atomic E-state index is 13.3. The van der Waals surface area contributed by atoms with Crippen LogP contribution in [0.4, 0.5) is 5.69 Å². The molecule has 0 radical (unpaired) electrons. The van der Waals surface area contributed by atoms with Crippen LogP contribution < -0.4 is 10.2 Å². The van der Waals surface area contributed by atoms with Gasteiger partial charge in [0.05, 0.1) is 31.7 Å². The van der Waals surface area contributed by atoms with Crippen molar-refractivity contribution in [2.24, 2.45) is 0 Å². The predicted molar refractivity (Wildman–Crippen MR) is 117 cm³/mol. The van der Waals surface area contributed by atoms with Crippen LogP contribution in [-0.2, 0) is 17.8 Å². The fraction of sp³-hybridized carbons (Fsp3) is 0.375. The second-order valence-electron chi connectivity index (χ2n) is 7.84. The van der Waals surface area contributed by atoms with Crippen molar-refractivity contribution in [1.82, 2.24) is 9.88 Å². The molecule has 1 aliphatic heterocycles. The summed E-state index contributed by atoms with van der Waals surface area (Å²) in [5.41, 5.74) is 6.38. The Morgan fingerprint density at radius 2 is 1.80 bits per heavy atom. The molecule has 1 amide bonds. The zero-order chi connectivity index (χ0) is 21.1. The summed E-state index contributed by atoms with van der Waals surface area (Å²) >= 11 is 0. The van der Waals surface area contributed by atoms with Crippen LogP contribution >= 0.6 is 0 Å². The van der Waals surface area contributed by atoms with Gasteiger partial charge in [-0.25, -0.2) is 0 Å². The number of rotatable bonds is 6. The monoisotopic (exact) mass is 407 g/mol. The second kappa shape index (κ2) is 8.79. The maximum absolute atomic E-state index is 13.3. The van der Waals surface area contributed by atoms with Gasteiger partial charge in [-0.05, 0) is 38.5 Å². The highest BCUT2D eigenvalue weighted by molar-refractivity contribution is 5.96. The average Bonchev–Trinajstić information content (AvgIpc) is 3.35. The Morgan fingerprint density at radius 1 is 1.07 bits per heavy atom. The maximum Gasteiger partial charge on any atom is 0.268 e. The number of hydrogen-bond acceptors (Lipinski definition) is 4. The van der Waals surface area contributed by atoms with Crippen LogP contribution in [0.2, 0.25) is 0 Å². The minimum absolute atomic E-state index is 0.0846. The summed E-state index contributed by atoms with van der Waals surface area (Å²) in [6, 6.07) is 12.2. The lowest BCUT2D eigenvalue weighted by atomic mass is 10.1. The van der Waals surface area contributed by atoms with E-state index >= 15 is 0 Å². The largest absolute Gasteiger partial charge is 0.467 e. The van der Waals surface area contributed by atoms with Crippen molar-refractivity contribution >= 4 is 11.6 Å². The van der Waals surface area contributed by atoms with Crippen LogP contribution in [0.5, 0.6) is 0 Å². The van der Waals surface area contributed by atoms with Gasteiger partial charge in [0.25, 0.3) is 5.91 Å². The summed E-state index contributed by atoms with van der Waals surface area (Å²) in [7, 11) is 0. The first-order valence-electron chi connectivity index (χ1n) is 10.4. The molecule has 158 valence electrons. The molecule has 6 nitrogen and oxygen atoms in total. The summed E-state index contributed by atoms with van der Waals surface area (Å²) in [4.78, 5) is 15.6. The van der Waals surface area contributed by atoms with Crippen molar-refractivity contribution in [3.8, 4) is 0 Å². The van der Waals surface area contributed by atoms with Gasteiger partial charge in [-0.15, -0.1) is 0 Å². The Kier molecular flexibility index (Phi) is 5.95. The molecular weight excluding hydrogens is 378 g/mol. The molecule has 0 unspecified atom stereocenters. The van der Waals surface area contributed by atoms with E-state index in [0.717, 1.165) is 35.8 Å². The number of carbonyl (C=O) groups is 1. The lowest BCUT2D eigenvalue weighted by Gasteiger charge is -2.29. The van der Waals surface area contributed by atoms with Crippen molar-refractivity contribution < 1.29 is 13.9 Å². The summed E-state index contributed by atoms with van der Waals surface area (Å²) in [5.74, 6) is 0.654. The Morgan fingerprint density at radius 3 is 2.47 bits per heavy atom. The molecule has 0 atom stereocenters. The van der Waals surface area contributed by atoms with Crippen LogP contribution in [0.1, 0.15) is 38.6 Å². The molecule has 3 heterocycles. The van der Waals surface area contributed by atoms with E-state index in [0.29, 0.717) is 32.0 Å². The van der Waals surface area contributed by atoms with Crippen molar-refractivity contribution in [2.45, 2.75) is 33.9 Å². The molecule has 6 heteroatoms. The number of aromatic nitrogens is 1. The number of morpholine rings is 1. The van der Waals surface area contributed by atoms with Crippen LogP contribution in [0.15, 0.2) is 47.1 Å². The van der Waals surface area contributed by atoms with E-state index in [-0.39, 0.29) is 5.91 Å². The molecule has 0 saturated carbocycles. The first-order chi connectivity index (χ1) is 14.5. The molecule has 0 spiro atoms. The minimum atomic E-state index is -0.0846. The molecule has 1 N–H and O–H groups in total. The molecule has 0 aliphatic carbocycles. The number of benzene rings is 1. The first-order valence-corrected chi connectivity index (χ1v) is 10.4. The molecule has 2 aromatic heterocycles. The summed E-state index contributed by atoms with van der Waals surface area (Å²) in [6.45, 7) is 10.4. The molecule has 1 saturated heterocycles. The number of nitrogens with zero attached hydrogens (tertiary/aromatic N) is 2. The van der Waals surface area contributed by atoms with Gasteiger partial charge in [-0.1, -0.05) is 29.8 Å². The highest BCUT2D eigenvalue weighted by Crippen LogP contribution is 2.32. The van der Waals surface area contributed by atoms with Gasteiger partial charge in [0.1, 0.15) is 11.5 Å². The molecule has 4 rings (SSSR count). The summed E-state index contributed by atoms with van der Waals surface area (Å²) in [6.07, 6.45) is 1.62. The SMILES string of the molecule is Cc1ccc(Cn2c(C)c(N3CCOCC3)c(C)c2C(=O)NCc2ccco2)cc1. The number of hydrogen-bond donors (Lipinski definition) is 1. The third-order valence-electron chi connectivity index (χ3n) is 5.73. The fourth-order valence-corrected chi connectivity index (χ4v) is 4.17. The van der Waals surface area contributed by atoms with E-state index in [1.807, 2.05) is 19.1 Å². The molecule has 30 heavy (non-hydrogen) atoms. The minimum Gasteiger partial charge on any atom is -0.467 e. The number of nitrogens with one attached hydrogen (secondary N) is 1. The topological polar surface area (TPSA) is 59.6 Å². The molecule has 0 bridgehead atoms. The first kappa shape index (κ1) is 20.3. The predicted octanol–water partition coefficient (Wildman–Crippen LogP) is 3.82. The third-order valence-corrected chi connectivity index (χ3v) is 5.73. The smallest absolute Gasteiger partial charge is 0.268 e. The van der Waals surface area contributed by atoms with E-state index in [2.05, 4.69) is 52.9 Å². The summed E-state index contributed by atoms with van der Waals surface area (Å²) < 4.78 is 13.0. The van der Waals surface area contributed by atoms with Crippen molar-refractivity contribution in [3.05, 3.63) is 76.5 Å². The standard InChI is InChI=1S/C24H29N3O3/c1-17-6-8-20(9-7-17)16-27-19(3)22(26-10-13-29-14-11-26)18(2)23(27)24(28)25-15-21-5-4-12-30-21/h4-9,12H,10-11,13-16H2,1-3H3,(H,25,28). The van der Waals surface area contributed by atoms with E-state index in [9.17, 15) is 4.79 Å². The third kappa shape index (κ3) is 4.14. The van der Waals surface area contributed by atoms with Gasteiger partial charge in [-0.2, -0.15) is 0 Å². The Labute approximate surface area is 177 Å². The van der Waals surface area contributed by atoms with Crippen molar-refractivity contribution in [1.29, 1.82) is 0 Å². The zero-order valence-electron chi connectivity index (χ0n) is 17.9. The van der Waals surface area contributed by atoms with Gasteiger partial charge in [0.15, 0.2) is 0 Å². The van der Waals surface area contributed by atoms with Crippen molar-refractivity contribution in [2.75, 3.05) is 31.2 Å². The van der Waals surface area contributed by atoms with E-state index in [4.69, 9.17) is 9.15 Å². The Hall–Kier alpha value is -2.99. The Balaban J connectivity index is 1.69. The van der Waals surface area contributed by atoms with Gasteiger partial charge in [-0.3, -0.25) is 4.79 Å². The number of furan rings is 1. The molecule has 1 aromatic carbocycles. The number of anilines is 1. The Bertz CT molecular complexity index is 997.